The first-order valence-electron chi connectivity index (χ1n) is 6.36. The number of piperidine rings is 1. The Balaban J connectivity index is 2.92. The molecule has 0 atom stereocenters. The summed E-state index contributed by atoms with van der Waals surface area (Å²) in [6.07, 6.45) is 1.66. The number of likely N-dealkylation sites (tertiary alicyclic amines) is 1. The number of nitrogens with zero attached hydrogens (tertiary/aromatic N) is 2. The lowest BCUT2D eigenvalue weighted by Crippen LogP contribution is -2.62. The van der Waals surface area contributed by atoms with Crippen molar-refractivity contribution in [2.45, 2.75) is 18.4 Å². The normalized spacial score (nSPS) is 21.3. The second-order valence-electron chi connectivity index (χ2n) is 5.42. The molecule has 1 saturated heterocycles. The molecule has 0 saturated carbocycles. The van der Waals surface area contributed by atoms with Crippen LogP contribution in [0.5, 0.6) is 0 Å². The van der Waals surface area contributed by atoms with Gasteiger partial charge in [-0.1, -0.05) is 5.16 Å². The van der Waals surface area contributed by atoms with E-state index in [-0.39, 0.29) is 5.84 Å². The van der Waals surface area contributed by atoms with Crippen molar-refractivity contribution in [2.75, 3.05) is 37.9 Å². The van der Waals surface area contributed by atoms with Crippen LogP contribution in [-0.2, 0) is 19.9 Å². The van der Waals surface area contributed by atoms with Gasteiger partial charge in [-0.25, -0.2) is 21.6 Å². The molecule has 0 aromatic rings. The maximum atomic E-state index is 12.1. The lowest BCUT2D eigenvalue weighted by molar-refractivity contribution is 0.213. The molecule has 124 valence electrons. The Morgan fingerprint density at radius 3 is 2.24 bits per heavy atom. The standard InChI is InChI=1S/C10H22N4O5S2/c1-14-5-3-10(4-6-14,9(11)12-15)13-21(18,19)8-7-20(2,16)17/h13,15H,3-8H2,1-2H3,(H2,11,12). The van der Waals surface area contributed by atoms with Crippen LogP contribution in [0.25, 0.3) is 0 Å². The summed E-state index contributed by atoms with van der Waals surface area (Å²) in [6.45, 7) is 1.15. The molecule has 0 aromatic heterocycles. The fourth-order valence-corrected chi connectivity index (χ4v) is 5.21. The van der Waals surface area contributed by atoms with Crippen molar-refractivity contribution in [1.29, 1.82) is 0 Å². The number of hydrogen-bond acceptors (Lipinski definition) is 7. The van der Waals surface area contributed by atoms with Gasteiger partial charge < -0.3 is 15.8 Å². The lowest BCUT2D eigenvalue weighted by atomic mass is 9.88. The van der Waals surface area contributed by atoms with E-state index in [9.17, 15) is 16.8 Å². The predicted octanol–water partition coefficient (Wildman–Crippen LogP) is -1.84. The topological polar surface area (TPSA) is 142 Å². The van der Waals surface area contributed by atoms with Crippen LogP contribution >= 0.6 is 0 Å². The zero-order valence-corrected chi connectivity index (χ0v) is 13.7. The summed E-state index contributed by atoms with van der Waals surface area (Å²) in [6, 6.07) is 0. The van der Waals surface area contributed by atoms with Crippen LogP contribution in [0.4, 0.5) is 0 Å². The molecule has 1 aliphatic rings. The summed E-state index contributed by atoms with van der Waals surface area (Å²) >= 11 is 0. The van der Waals surface area contributed by atoms with E-state index in [0.717, 1.165) is 6.26 Å². The maximum absolute atomic E-state index is 12.1. The van der Waals surface area contributed by atoms with Crippen LogP contribution in [-0.4, -0.2) is 76.2 Å². The van der Waals surface area contributed by atoms with Gasteiger partial charge in [0.15, 0.2) is 5.84 Å². The summed E-state index contributed by atoms with van der Waals surface area (Å²) in [7, 11) is -5.37. The average molecular weight is 342 g/mol. The third kappa shape index (κ3) is 5.41. The van der Waals surface area contributed by atoms with Crippen LogP contribution in [0, 0.1) is 0 Å². The molecule has 21 heavy (non-hydrogen) atoms. The van der Waals surface area contributed by atoms with Crippen LogP contribution in [0.15, 0.2) is 5.16 Å². The van der Waals surface area contributed by atoms with E-state index >= 15 is 0 Å². The second kappa shape index (κ2) is 6.46. The highest BCUT2D eigenvalue weighted by molar-refractivity contribution is 7.93. The number of sulfone groups is 1. The molecule has 0 unspecified atom stereocenters. The number of nitrogens with one attached hydrogen (secondary N) is 1. The highest BCUT2D eigenvalue weighted by atomic mass is 32.2. The SMILES string of the molecule is CN1CCC(NS(=O)(=O)CCS(C)(=O)=O)(C(N)=NO)CC1. The number of amidine groups is 1. The fraction of sp³-hybridized carbons (Fsp3) is 0.900. The first-order chi connectivity index (χ1) is 9.50. The van der Waals surface area contributed by atoms with Gasteiger partial charge in [-0.2, -0.15) is 0 Å². The van der Waals surface area contributed by atoms with Crippen LogP contribution in [0.2, 0.25) is 0 Å². The monoisotopic (exact) mass is 342 g/mol. The maximum Gasteiger partial charge on any atom is 0.213 e. The largest absolute Gasteiger partial charge is 0.409 e. The number of sulfonamides is 1. The smallest absolute Gasteiger partial charge is 0.213 e. The van der Waals surface area contributed by atoms with E-state index in [1.807, 2.05) is 11.9 Å². The molecule has 0 aromatic carbocycles. The minimum absolute atomic E-state index is 0.210. The summed E-state index contributed by atoms with van der Waals surface area (Å²) in [4.78, 5) is 1.99. The Hall–Kier alpha value is -0.910. The second-order valence-corrected chi connectivity index (χ2v) is 9.52. The van der Waals surface area contributed by atoms with Crippen LogP contribution < -0.4 is 10.5 Å². The fourth-order valence-electron chi connectivity index (χ4n) is 2.12. The molecular weight excluding hydrogens is 320 g/mol. The van der Waals surface area contributed by atoms with Gasteiger partial charge in [-0.05, 0) is 19.9 Å². The quantitative estimate of drug-likeness (QED) is 0.223. The van der Waals surface area contributed by atoms with Gasteiger partial charge >= 0.3 is 0 Å². The van der Waals surface area contributed by atoms with Crippen molar-refractivity contribution in [3.05, 3.63) is 0 Å². The first kappa shape index (κ1) is 18.1. The molecule has 0 radical (unpaired) electrons. The Bertz CT molecular complexity index is 591. The molecule has 9 nitrogen and oxygen atoms in total. The van der Waals surface area contributed by atoms with E-state index in [4.69, 9.17) is 10.9 Å². The van der Waals surface area contributed by atoms with Crippen molar-refractivity contribution >= 4 is 25.7 Å². The third-order valence-electron chi connectivity index (χ3n) is 3.51. The van der Waals surface area contributed by atoms with Gasteiger partial charge in [0.05, 0.1) is 17.0 Å². The number of nitrogens with two attached hydrogens (primary N) is 1. The molecule has 1 heterocycles. The number of hydrogen-bond donors (Lipinski definition) is 3. The molecule has 1 aliphatic heterocycles. The van der Waals surface area contributed by atoms with E-state index in [1.54, 1.807) is 0 Å². The first-order valence-corrected chi connectivity index (χ1v) is 10.1. The summed E-state index contributed by atoms with van der Waals surface area (Å²) in [5.74, 6) is -1.24. The third-order valence-corrected chi connectivity index (χ3v) is 6.16. The van der Waals surface area contributed by atoms with Crippen molar-refractivity contribution in [2.24, 2.45) is 10.9 Å². The van der Waals surface area contributed by atoms with Gasteiger partial charge in [-0.3, -0.25) is 0 Å². The minimum atomic E-state index is -3.87. The van der Waals surface area contributed by atoms with E-state index in [0.29, 0.717) is 25.9 Å². The average Bonchev–Trinajstić information content (AvgIpc) is 2.38. The molecular formula is C10H22N4O5S2. The Morgan fingerprint density at radius 2 is 1.81 bits per heavy atom. The lowest BCUT2D eigenvalue weighted by Gasteiger charge is -2.39. The van der Waals surface area contributed by atoms with Gasteiger partial charge in [0, 0.05) is 19.3 Å². The zero-order valence-electron chi connectivity index (χ0n) is 12.1. The van der Waals surface area contributed by atoms with Crippen LogP contribution in [0.3, 0.4) is 0 Å². The highest BCUT2D eigenvalue weighted by Crippen LogP contribution is 2.23. The summed E-state index contributed by atoms with van der Waals surface area (Å²) in [5, 5.41) is 11.8. The van der Waals surface area contributed by atoms with Crippen LogP contribution in [0.1, 0.15) is 12.8 Å². The van der Waals surface area contributed by atoms with E-state index < -0.39 is 36.9 Å². The molecule has 4 N–H and O–H groups in total. The Kier molecular flexibility index (Phi) is 5.58. The highest BCUT2D eigenvalue weighted by Gasteiger charge is 2.41. The zero-order chi connectivity index (χ0) is 16.3. The molecule has 1 rings (SSSR count). The molecule has 0 amide bonds. The van der Waals surface area contributed by atoms with Crippen molar-refractivity contribution in [3.63, 3.8) is 0 Å². The molecule has 0 spiro atoms. The number of rotatable bonds is 6. The molecule has 0 bridgehead atoms. The van der Waals surface area contributed by atoms with E-state index in [2.05, 4.69) is 9.88 Å². The minimum Gasteiger partial charge on any atom is -0.409 e. The number of oxime groups is 1. The van der Waals surface area contributed by atoms with Gasteiger partial charge in [-0.15, -0.1) is 0 Å². The van der Waals surface area contributed by atoms with Gasteiger partial charge in [0.25, 0.3) is 0 Å². The predicted molar refractivity (Wildman–Crippen MR) is 79.5 cm³/mol. The van der Waals surface area contributed by atoms with Gasteiger partial charge in [0.2, 0.25) is 10.0 Å². The summed E-state index contributed by atoms with van der Waals surface area (Å²) < 4.78 is 48.8. The van der Waals surface area contributed by atoms with Crippen molar-refractivity contribution < 1.29 is 22.0 Å². The molecule has 11 heteroatoms. The van der Waals surface area contributed by atoms with Crippen molar-refractivity contribution in [3.8, 4) is 0 Å². The molecule has 0 aliphatic carbocycles. The van der Waals surface area contributed by atoms with E-state index in [1.165, 1.54) is 0 Å². The Morgan fingerprint density at radius 1 is 1.29 bits per heavy atom. The van der Waals surface area contributed by atoms with Gasteiger partial charge in [0.1, 0.15) is 9.84 Å². The molecule has 1 fully saturated rings. The Labute approximate surface area is 125 Å². The van der Waals surface area contributed by atoms with Crippen molar-refractivity contribution in [1.82, 2.24) is 9.62 Å². The summed E-state index contributed by atoms with van der Waals surface area (Å²) in [5.41, 5.74) is 4.48.